The van der Waals surface area contributed by atoms with Crippen molar-refractivity contribution in [3.8, 4) is 11.4 Å². The molecule has 0 aliphatic carbocycles. The zero-order valence-electron chi connectivity index (χ0n) is 19.0. The molecule has 3 aromatic heterocycles. The van der Waals surface area contributed by atoms with Crippen LogP contribution in [0.2, 0.25) is 0 Å². The first-order chi connectivity index (χ1) is 15.2. The lowest BCUT2D eigenvalue weighted by atomic mass is 10.2. The van der Waals surface area contributed by atoms with E-state index in [1.807, 2.05) is 49.9 Å². The third-order valence-electron chi connectivity index (χ3n) is 5.09. The van der Waals surface area contributed by atoms with Gasteiger partial charge in [0.15, 0.2) is 29.4 Å². The number of aromatic nitrogens is 5. The van der Waals surface area contributed by atoms with Gasteiger partial charge < -0.3 is 18.9 Å². The molecule has 1 saturated heterocycles. The molecule has 0 bridgehead atoms. The Hall–Kier alpha value is -3.07. The van der Waals surface area contributed by atoms with Gasteiger partial charge in [0.1, 0.15) is 12.4 Å². The average Bonchev–Trinajstić information content (AvgIpc) is 3.23. The van der Waals surface area contributed by atoms with E-state index in [1.54, 1.807) is 0 Å². The van der Waals surface area contributed by atoms with E-state index >= 15 is 0 Å². The van der Waals surface area contributed by atoms with Crippen LogP contribution in [0, 0.1) is 0 Å². The zero-order chi connectivity index (χ0) is 22.4. The first kappa shape index (κ1) is 22.6. The van der Waals surface area contributed by atoms with E-state index in [2.05, 4.69) is 26.4 Å². The number of imidazole rings is 1. The number of anilines is 1. The lowest BCUT2D eigenvalue weighted by Crippen LogP contribution is -2.37. The Balaban J connectivity index is 0.00000132. The highest BCUT2D eigenvalue weighted by Crippen LogP contribution is 2.29. The fourth-order valence-corrected chi connectivity index (χ4v) is 3.50. The van der Waals surface area contributed by atoms with Crippen molar-refractivity contribution in [2.75, 3.05) is 38.3 Å². The van der Waals surface area contributed by atoms with Crippen LogP contribution in [0.3, 0.4) is 0 Å². The molecular formula is C22H31N6O3+. The van der Waals surface area contributed by atoms with Gasteiger partial charge in [0, 0.05) is 37.3 Å². The second kappa shape index (κ2) is 10.3. The number of nitrogens with zero attached hydrogens (tertiary/aromatic N) is 6. The molecular weight excluding hydrogens is 396 g/mol. The van der Waals surface area contributed by atoms with Gasteiger partial charge >= 0.3 is 5.97 Å². The van der Waals surface area contributed by atoms with E-state index in [-0.39, 0.29) is 5.82 Å². The number of esters is 1. The molecule has 166 valence electrons. The van der Waals surface area contributed by atoms with Crippen LogP contribution in [0.15, 0.2) is 24.5 Å². The Morgan fingerprint density at radius 3 is 2.39 bits per heavy atom. The highest BCUT2D eigenvalue weighted by molar-refractivity contribution is 5.93. The van der Waals surface area contributed by atoms with Crippen LogP contribution < -0.4 is 9.47 Å². The van der Waals surface area contributed by atoms with Crippen molar-refractivity contribution in [2.24, 2.45) is 0 Å². The average molecular weight is 428 g/mol. The van der Waals surface area contributed by atoms with E-state index in [1.165, 1.54) is 7.11 Å². The maximum absolute atomic E-state index is 12.2. The van der Waals surface area contributed by atoms with E-state index in [0.29, 0.717) is 49.8 Å². The van der Waals surface area contributed by atoms with Crippen LogP contribution in [0.25, 0.3) is 22.6 Å². The molecule has 0 saturated carbocycles. The Bertz CT molecular complexity index is 1030. The standard InChI is InChI=1S/C20H25N6O3.C2H6/c1-4-24-8-6-14(7-9-24)17-21-15-18(25-10-12-29-13-11-25)22-16(20(27)28-3)23-19(15)26(17)5-2;1-2/h6-9H,4-5,10-13H2,1-3H3;1-2H3/q+1;. The molecule has 31 heavy (non-hydrogen) atoms. The first-order valence-electron chi connectivity index (χ1n) is 10.8. The monoisotopic (exact) mass is 427 g/mol. The highest BCUT2D eigenvalue weighted by Gasteiger charge is 2.25. The highest BCUT2D eigenvalue weighted by atomic mass is 16.5. The Kier molecular flexibility index (Phi) is 7.51. The predicted octanol–water partition coefficient (Wildman–Crippen LogP) is 2.47. The van der Waals surface area contributed by atoms with E-state index in [4.69, 9.17) is 14.5 Å². The number of hydrogen-bond donors (Lipinski definition) is 0. The lowest BCUT2D eigenvalue weighted by Gasteiger charge is -2.27. The van der Waals surface area contributed by atoms with Crippen LogP contribution >= 0.6 is 0 Å². The SMILES string of the molecule is CC.CCn1c(-c2cc[n+](CC)cc2)nc2c(N3CCOCC3)nc(C(=O)OC)nc21. The number of hydrogen-bond acceptors (Lipinski definition) is 7. The summed E-state index contributed by atoms with van der Waals surface area (Å²) in [5.74, 6) is 0.929. The topological polar surface area (TPSA) is 86.2 Å². The van der Waals surface area contributed by atoms with Crippen LogP contribution in [-0.4, -0.2) is 58.9 Å². The summed E-state index contributed by atoms with van der Waals surface area (Å²) in [6.45, 7) is 12.3. The molecule has 1 fully saturated rings. The fourth-order valence-electron chi connectivity index (χ4n) is 3.50. The molecule has 9 nitrogen and oxygen atoms in total. The summed E-state index contributed by atoms with van der Waals surface area (Å²) in [6.07, 6.45) is 4.06. The zero-order valence-corrected chi connectivity index (χ0v) is 19.0. The maximum Gasteiger partial charge on any atom is 0.376 e. The van der Waals surface area contributed by atoms with Gasteiger partial charge in [-0.25, -0.2) is 24.3 Å². The van der Waals surface area contributed by atoms with Gasteiger partial charge in [0.05, 0.1) is 20.3 Å². The van der Waals surface area contributed by atoms with Crippen molar-refractivity contribution in [1.29, 1.82) is 0 Å². The summed E-state index contributed by atoms with van der Waals surface area (Å²) < 4.78 is 14.5. The smallest absolute Gasteiger partial charge is 0.376 e. The van der Waals surface area contributed by atoms with Gasteiger partial charge in [-0.3, -0.25) is 0 Å². The largest absolute Gasteiger partial charge is 0.463 e. The maximum atomic E-state index is 12.2. The Morgan fingerprint density at radius 1 is 1.13 bits per heavy atom. The molecule has 0 radical (unpaired) electrons. The van der Waals surface area contributed by atoms with Gasteiger partial charge in [-0.15, -0.1) is 0 Å². The number of pyridine rings is 1. The molecule has 3 aromatic rings. The number of carbonyl (C=O) groups excluding carboxylic acids is 1. The second-order valence-electron chi connectivity index (χ2n) is 6.73. The summed E-state index contributed by atoms with van der Waals surface area (Å²) in [6, 6.07) is 4.08. The van der Waals surface area contributed by atoms with Crippen LogP contribution in [0.5, 0.6) is 0 Å². The molecule has 4 heterocycles. The minimum Gasteiger partial charge on any atom is -0.463 e. The summed E-state index contributed by atoms with van der Waals surface area (Å²) in [5.41, 5.74) is 2.30. The van der Waals surface area contributed by atoms with Gasteiger partial charge in [-0.05, 0) is 13.8 Å². The Labute approximate surface area is 182 Å². The molecule has 1 aliphatic heterocycles. The molecule has 4 rings (SSSR count). The number of ether oxygens (including phenoxy) is 2. The van der Waals surface area contributed by atoms with Crippen LogP contribution in [0.4, 0.5) is 5.82 Å². The summed E-state index contributed by atoms with van der Waals surface area (Å²) >= 11 is 0. The summed E-state index contributed by atoms with van der Waals surface area (Å²) in [5, 5.41) is 0. The summed E-state index contributed by atoms with van der Waals surface area (Å²) in [7, 11) is 1.33. The van der Waals surface area contributed by atoms with Crippen LogP contribution in [0.1, 0.15) is 38.3 Å². The number of methoxy groups -OCH3 is 1. The normalized spacial score (nSPS) is 13.6. The number of morpholine rings is 1. The molecule has 9 heteroatoms. The predicted molar refractivity (Wildman–Crippen MR) is 118 cm³/mol. The fraction of sp³-hybridized carbons (Fsp3) is 0.500. The third kappa shape index (κ3) is 4.51. The minimum atomic E-state index is -0.560. The Morgan fingerprint density at radius 2 is 1.81 bits per heavy atom. The molecule has 0 spiro atoms. The van der Waals surface area contributed by atoms with Crippen molar-refractivity contribution in [3.63, 3.8) is 0 Å². The van der Waals surface area contributed by atoms with Crippen molar-refractivity contribution in [3.05, 3.63) is 30.4 Å². The first-order valence-corrected chi connectivity index (χ1v) is 10.8. The van der Waals surface area contributed by atoms with Gasteiger partial charge in [-0.1, -0.05) is 13.8 Å². The van der Waals surface area contributed by atoms with Gasteiger partial charge in [-0.2, -0.15) is 0 Å². The van der Waals surface area contributed by atoms with E-state index in [0.717, 1.165) is 17.9 Å². The molecule has 1 aliphatic rings. The molecule has 0 atom stereocenters. The van der Waals surface area contributed by atoms with Crippen molar-refractivity contribution < 1.29 is 18.8 Å². The second-order valence-corrected chi connectivity index (χ2v) is 6.73. The minimum absolute atomic E-state index is 0.0412. The van der Waals surface area contributed by atoms with Gasteiger partial charge in [0.2, 0.25) is 5.82 Å². The quantitative estimate of drug-likeness (QED) is 0.457. The number of aryl methyl sites for hydroxylation is 2. The lowest BCUT2D eigenvalue weighted by molar-refractivity contribution is -0.693. The number of carbonyl (C=O) groups is 1. The molecule has 0 aromatic carbocycles. The number of fused-ring (bicyclic) bond motifs is 1. The number of rotatable bonds is 5. The van der Waals surface area contributed by atoms with Crippen molar-refractivity contribution >= 4 is 23.0 Å². The van der Waals surface area contributed by atoms with Crippen LogP contribution in [-0.2, 0) is 22.6 Å². The van der Waals surface area contributed by atoms with Crippen molar-refractivity contribution in [2.45, 2.75) is 40.8 Å². The van der Waals surface area contributed by atoms with E-state index in [9.17, 15) is 4.79 Å². The summed E-state index contributed by atoms with van der Waals surface area (Å²) in [4.78, 5) is 28.2. The van der Waals surface area contributed by atoms with Gasteiger partial charge in [0.25, 0.3) is 0 Å². The molecule has 0 N–H and O–H groups in total. The van der Waals surface area contributed by atoms with E-state index < -0.39 is 5.97 Å². The van der Waals surface area contributed by atoms with Crippen molar-refractivity contribution in [1.82, 2.24) is 19.5 Å². The molecule has 0 amide bonds. The third-order valence-corrected chi connectivity index (χ3v) is 5.09. The molecule has 0 unspecified atom stereocenters.